The highest BCUT2D eigenvalue weighted by atomic mass is 16.5. The van der Waals surface area contributed by atoms with Crippen molar-refractivity contribution in [3.05, 3.63) is 83.9 Å². The maximum atomic E-state index is 12.5. The monoisotopic (exact) mass is 365 g/mol. The Morgan fingerprint density at radius 3 is 2.07 bits per heavy atom. The van der Waals surface area contributed by atoms with Gasteiger partial charge in [0.1, 0.15) is 12.6 Å². The van der Waals surface area contributed by atoms with Crippen molar-refractivity contribution in [3.63, 3.8) is 0 Å². The summed E-state index contributed by atoms with van der Waals surface area (Å²) in [5.41, 5.74) is 2.34. The molecule has 2 aromatic rings. The van der Waals surface area contributed by atoms with Crippen LogP contribution >= 0.6 is 0 Å². The van der Waals surface area contributed by atoms with E-state index < -0.39 is 12.0 Å². The van der Waals surface area contributed by atoms with Crippen LogP contribution in [0, 0.1) is 5.92 Å². The zero-order valence-electron chi connectivity index (χ0n) is 16.0. The molecule has 4 nitrogen and oxygen atoms in total. The van der Waals surface area contributed by atoms with E-state index in [0.717, 1.165) is 11.1 Å². The Hall–Kier alpha value is -2.88. The molecule has 142 valence electrons. The van der Waals surface area contributed by atoms with E-state index in [4.69, 9.17) is 4.74 Å². The number of hydrogen-bond donors (Lipinski definition) is 1. The van der Waals surface area contributed by atoms with Gasteiger partial charge in [0, 0.05) is 12.0 Å². The van der Waals surface area contributed by atoms with Gasteiger partial charge in [-0.15, -0.1) is 0 Å². The van der Waals surface area contributed by atoms with Crippen molar-refractivity contribution in [1.82, 2.24) is 5.32 Å². The number of nitrogens with one attached hydrogen (secondary N) is 1. The maximum Gasteiger partial charge on any atom is 0.328 e. The molecule has 0 fully saturated rings. The predicted molar refractivity (Wildman–Crippen MR) is 107 cm³/mol. The highest BCUT2D eigenvalue weighted by molar-refractivity contribution is 5.96. The van der Waals surface area contributed by atoms with Crippen LogP contribution in [0.25, 0.3) is 0 Å². The Kier molecular flexibility index (Phi) is 7.80. The molecule has 0 aliphatic carbocycles. The fourth-order valence-corrected chi connectivity index (χ4v) is 2.70. The molecule has 1 N–H and O–H groups in total. The Bertz CT molecular complexity index is 754. The summed E-state index contributed by atoms with van der Waals surface area (Å²) in [5.74, 6) is -0.503. The molecule has 2 aromatic carbocycles. The molecule has 2 rings (SSSR count). The van der Waals surface area contributed by atoms with Gasteiger partial charge in [0.2, 0.25) is 5.91 Å². The lowest BCUT2D eigenvalue weighted by Crippen LogP contribution is -2.43. The topological polar surface area (TPSA) is 55.4 Å². The molecule has 0 unspecified atom stereocenters. The summed E-state index contributed by atoms with van der Waals surface area (Å²) >= 11 is 0. The van der Waals surface area contributed by atoms with Gasteiger partial charge in [0.15, 0.2) is 0 Å². The third-order valence-electron chi connectivity index (χ3n) is 4.10. The SMILES string of the molecule is C=C(Cc1ccccc1)C(=O)N[C@@H](CC(C)C)C(=O)OCc1ccccc1. The van der Waals surface area contributed by atoms with Crippen molar-refractivity contribution in [2.24, 2.45) is 5.92 Å². The molecule has 0 radical (unpaired) electrons. The molecule has 1 amide bonds. The molecule has 0 aliphatic rings. The first-order chi connectivity index (χ1) is 13.0. The summed E-state index contributed by atoms with van der Waals surface area (Å²) in [7, 11) is 0. The Morgan fingerprint density at radius 1 is 0.963 bits per heavy atom. The fraction of sp³-hybridized carbons (Fsp3) is 0.304. The highest BCUT2D eigenvalue weighted by Crippen LogP contribution is 2.11. The molecule has 0 heterocycles. The third kappa shape index (κ3) is 7.10. The lowest BCUT2D eigenvalue weighted by Gasteiger charge is -2.20. The Balaban J connectivity index is 1.94. The molecular weight excluding hydrogens is 338 g/mol. The lowest BCUT2D eigenvalue weighted by atomic mass is 10.0. The molecule has 0 bridgehead atoms. The van der Waals surface area contributed by atoms with Crippen LogP contribution in [0.5, 0.6) is 0 Å². The molecule has 0 aliphatic heterocycles. The molecule has 0 spiro atoms. The standard InChI is InChI=1S/C23H27NO3/c1-17(2)14-21(23(26)27-16-20-12-8-5-9-13-20)24-22(25)18(3)15-19-10-6-4-7-11-19/h4-13,17,21H,3,14-16H2,1-2H3,(H,24,25)/t21-/m0/s1. The van der Waals surface area contributed by atoms with Gasteiger partial charge in [-0.25, -0.2) is 4.79 Å². The normalized spacial score (nSPS) is 11.7. The molecule has 1 atom stereocenters. The van der Waals surface area contributed by atoms with E-state index in [-0.39, 0.29) is 18.4 Å². The lowest BCUT2D eigenvalue weighted by molar-refractivity contribution is -0.149. The number of benzene rings is 2. The van der Waals surface area contributed by atoms with Crippen LogP contribution in [-0.2, 0) is 27.4 Å². The maximum absolute atomic E-state index is 12.5. The van der Waals surface area contributed by atoms with Gasteiger partial charge in [0.05, 0.1) is 0 Å². The van der Waals surface area contributed by atoms with Crippen molar-refractivity contribution >= 4 is 11.9 Å². The number of amides is 1. The number of rotatable bonds is 9. The molecular formula is C23H27NO3. The molecule has 27 heavy (non-hydrogen) atoms. The molecule has 4 heteroatoms. The minimum Gasteiger partial charge on any atom is -0.459 e. The second kappa shape index (κ2) is 10.3. The third-order valence-corrected chi connectivity index (χ3v) is 4.10. The van der Waals surface area contributed by atoms with Gasteiger partial charge in [-0.05, 0) is 23.5 Å². The summed E-state index contributed by atoms with van der Waals surface area (Å²) in [4.78, 5) is 25.0. The first-order valence-electron chi connectivity index (χ1n) is 9.19. The molecule has 0 saturated carbocycles. The van der Waals surface area contributed by atoms with Crippen LogP contribution in [0.3, 0.4) is 0 Å². The zero-order valence-corrected chi connectivity index (χ0v) is 16.0. The largest absolute Gasteiger partial charge is 0.459 e. The Labute approximate surface area is 161 Å². The predicted octanol–water partition coefficient (Wildman–Crippen LogP) is 4.06. The van der Waals surface area contributed by atoms with Crippen molar-refractivity contribution in [3.8, 4) is 0 Å². The van der Waals surface area contributed by atoms with Gasteiger partial charge in [-0.1, -0.05) is 81.1 Å². The van der Waals surface area contributed by atoms with Crippen LogP contribution < -0.4 is 5.32 Å². The van der Waals surface area contributed by atoms with Crippen molar-refractivity contribution < 1.29 is 14.3 Å². The number of hydrogen-bond acceptors (Lipinski definition) is 3. The summed E-state index contributed by atoms with van der Waals surface area (Å²) in [6.45, 7) is 8.07. The van der Waals surface area contributed by atoms with E-state index in [1.807, 2.05) is 74.5 Å². The molecule has 0 saturated heterocycles. The van der Waals surface area contributed by atoms with Crippen LogP contribution in [-0.4, -0.2) is 17.9 Å². The first kappa shape index (κ1) is 20.4. The average Bonchev–Trinajstić information content (AvgIpc) is 2.66. The second-order valence-corrected chi connectivity index (χ2v) is 7.01. The average molecular weight is 365 g/mol. The first-order valence-corrected chi connectivity index (χ1v) is 9.19. The summed E-state index contributed by atoms with van der Waals surface area (Å²) in [6, 6.07) is 18.4. The molecule has 0 aromatic heterocycles. The van der Waals surface area contributed by atoms with Crippen LogP contribution in [0.4, 0.5) is 0 Å². The minimum atomic E-state index is -0.686. The number of carbonyl (C=O) groups is 2. The number of carbonyl (C=O) groups excluding carboxylic acids is 2. The van der Waals surface area contributed by atoms with E-state index in [0.29, 0.717) is 18.4 Å². The van der Waals surface area contributed by atoms with Gasteiger partial charge in [-0.3, -0.25) is 4.79 Å². The van der Waals surface area contributed by atoms with Crippen LogP contribution in [0.1, 0.15) is 31.4 Å². The van der Waals surface area contributed by atoms with E-state index in [1.165, 1.54) is 0 Å². The highest BCUT2D eigenvalue weighted by Gasteiger charge is 2.24. The van der Waals surface area contributed by atoms with Crippen molar-refractivity contribution in [1.29, 1.82) is 0 Å². The summed E-state index contributed by atoms with van der Waals surface area (Å²) in [5, 5.41) is 2.79. The van der Waals surface area contributed by atoms with Gasteiger partial charge in [0.25, 0.3) is 0 Å². The summed E-state index contributed by atoms with van der Waals surface area (Å²) in [6.07, 6.45) is 0.956. The van der Waals surface area contributed by atoms with E-state index >= 15 is 0 Å². The quantitative estimate of drug-likeness (QED) is 0.538. The van der Waals surface area contributed by atoms with Crippen molar-refractivity contribution in [2.75, 3.05) is 0 Å². The zero-order chi connectivity index (χ0) is 19.6. The number of esters is 1. The van der Waals surface area contributed by atoms with E-state index in [2.05, 4.69) is 11.9 Å². The smallest absolute Gasteiger partial charge is 0.328 e. The van der Waals surface area contributed by atoms with Crippen molar-refractivity contribution in [2.45, 2.75) is 39.3 Å². The van der Waals surface area contributed by atoms with Gasteiger partial charge >= 0.3 is 5.97 Å². The van der Waals surface area contributed by atoms with E-state index in [9.17, 15) is 9.59 Å². The van der Waals surface area contributed by atoms with Crippen LogP contribution in [0.15, 0.2) is 72.8 Å². The second-order valence-electron chi connectivity index (χ2n) is 7.01. The minimum absolute atomic E-state index is 0.190. The van der Waals surface area contributed by atoms with E-state index in [1.54, 1.807) is 0 Å². The van der Waals surface area contributed by atoms with Crippen LogP contribution in [0.2, 0.25) is 0 Å². The number of ether oxygens (including phenoxy) is 1. The summed E-state index contributed by atoms with van der Waals surface area (Å²) < 4.78 is 5.41. The van der Waals surface area contributed by atoms with Gasteiger partial charge in [-0.2, -0.15) is 0 Å². The fourth-order valence-electron chi connectivity index (χ4n) is 2.70. The Morgan fingerprint density at radius 2 is 1.52 bits per heavy atom. The van der Waals surface area contributed by atoms with Gasteiger partial charge < -0.3 is 10.1 Å².